The van der Waals surface area contributed by atoms with E-state index in [4.69, 9.17) is 0 Å². The van der Waals surface area contributed by atoms with E-state index in [1.807, 2.05) is 24.3 Å². The first kappa shape index (κ1) is 13.6. The number of amides is 1. The SMILES string of the molecule is O=C(NCc1ccc2c(c1)CNC2)c1cccc(I)c1. The highest BCUT2D eigenvalue weighted by molar-refractivity contribution is 14.1. The first-order valence-electron chi connectivity index (χ1n) is 6.57. The number of hydrogen-bond donors (Lipinski definition) is 2. The Balaban J connectivity index is 1.66. The summed E-state index contributed by atoms with van der Waals surface area (Å²) in [5, 5.41) is 6.29. The van der Waals surface area contributed by atoms with Gasteiger partial charge in [-0.05, 0) is 57.5 Å². The molecule has 20 heavy (non-hydrogen) atoms. The van der Waals surface area contributed by atoms with E-state index in [0.29, 0.717) is 12.1 Å². The van der Waals surface area contributed by atoms with Gasteiger partial charge in [-0.3, -0.25) is 4.79 Å². The van der Waals surface area contributed by atoms with Gasteiger partial charge in [0.1, 0.15) is 0 Å². The van der Waals surface area contributed by atoms with Crippen LogP contribution in [0.1, 0.15) is 27.0 Å². The predicted octanol–water partition coefficient (Wildman–Crippen LogP) is 2.82. The molecule has 102 valence electrons. The fourth-order valence-corrected chi connectivity index (χ4v) is 2.92. The maximum atomic E-state index is 12.1. The lowest BCUT2D eigenvalue weighted by molar-refractivity contribution is 0.0951. The van der Waals surface area contributed by atoms with Gasteiger partial charge in [0.15, 0.2) is 0 Å². The molecule has 1 heterocycles. The van der Waals surface area contributed by atoms with Gasteiger partial charge in [0, 0.05) is 28.8 Å². The molecule has 0 fully saturated rings. The van der Waals surface area contributed by atoms with Crippen molar-refractivity contribution in [1.82, 2.24) is 10.6 Å². The third-order valence-corrected chi connectivity index (χ3v) is 4.11. The molecule has 0 aromatic heterocycles. The third-order valence-electron chi connectivity index (χ3n) is 3.44. The molecule has 1 aliphatic rings. The van der Waals surface area contributed by atoms with Gasteiger partial charge in [0.2, 0.25) is 0 Å². The molecular formula is C16H15IN2O. The molecule has 2 aromatic rings. The van der Waals surface area contributed by atoms with Crippen molar-refractivity contribution in [2.75, 3.05) is 0 Å². The Bertz CT molecular complexity index is 655. The van der Waals surface area contributed by atoms with Gasteiger partial charge in [0.25, 0.3) is 5.91 Å². The van der Waals surface area contributed by atoms with Crippen molar-refractivity contribution in [1.29, 1.82) is 0 Å². The van der Waals surface area contributed by atoms with Gasteiger partial charge in [-0.2, -0.15) is 0 Å². The van der Waals surface area contributed by atoms with Crippen LogP contribution in [0.4, 0.5) is 0 Å². The second-order valence-corrected chi connectivity index (χ2v) is 6.15. The molecular weight excluding hydrogens is 363 g/mol. The third kappa shape index (κ3) is 3.02. The summed E-state index contributed by atoms with van der Waals surface area (Å²) in [6.45, 7) is 2.44. The Morgan fingerprint density at radius 1 is 1.15 bits per heavy atom. The minimum Gasteiger partial charge on any atom is -0.348 e. The Morgan fingerprint density at radius 3 is 2.85 bits per heavy atom. The molecule has 0 saturated heterocycles. The van der Waals surface area contributed by atoms with Gasteiger partial charge >= 0.3 is 0 Å². The minimum atomic E-state index is -0.0258. The van der Waals surface area contributed by atoms with E-state index >= 15 is 0 Å². The quantitative estimate of drug-likeness (QED) is 0.807. The highest BCUT2D eigenvalue weighted by Gasteiger charge is 2.11. The van der Waals surface area contributed by atoms with Crippen LogP contribution in [0.3, 0.4) is 0 Å². The monoisotopic (exact) mass is 378 g/mol. The van der Waals surface area contributed by atoms with E-state index in [0.717, 1.165) is 22.2 Å². The molecule has 0 spiro atoms. The van der Waals surface area contributed by atoms with E-state index in [9.17, 15) is 4.79 Å². The zero-order valence-corrected chi connectivity index (χ0v) is 13.1. The van der Waals surface area contributed by atoms with E-state index in [1.54, 1.807) is 0 Å². The molecule has 2 aromatic carbocycles. The molecule has 0 bridgehead atoms. The van der Waals surface area contributed by atoms with E-state index in [1.165, 1.54) is 11.1 Å². The van der Waals surface area contributed by atoms with Crippen molar-refractivity contribution >= 4 is 28.5 Å². The zero-order valence-electron chi connectivity index (χ0n) is 10.9. The topological polar surface area (TPSA) is 41.1 Å². The van der Waals surface area contributed by atoms with Crippen LogP contribution >= 0.6 is 22.6 Å². The summed E-state index contributed by atoms with van der Waals surface area (Å²) in [6.07, 6.45) is 0. The number of carbonyl (C=O) groups is 1. The average molecular weight is 378 g/mol. The van der Waals surface area contributed by atoms with Crippen molar-refractivity contribution in [2.24, 2.45) is 0 Å². The number of benzene rings is 2. The zero-order chi connectivity index (χ0) is 13.9. The summed E-state index contributed by atoms with van der Waals surface area (Å²) >= 11 is 2.21. The van der Waals surface area contributed by atoms with Crippen molar-refractivity contribution in [3.8, 4) is 0 Å². The van der Waals surface area contributed by atoms with Crippen LogP contribution in [0.25, 0.3) is 0 Å². The number of nitrogens with one attached hydrogen (secondary N) is 2. The van der Waals surface area contributed by atoms with Crippen molar-refractivity contribution in [3.63, 3.8) is 0 Å². The second-order valence-electron chi connectivity index (χ2n) is 4.90. The molecule has 3 rings (SSSR count). The first-order valence-corrected chi connectivity index (χ1v) is 7.65. The number of halogens is 1. The highest BCUT2D eigenvalue weighted by Crippen LogP contribution is 2.17. The highest BCUT2D eigenvalue weighted by atomic mass is 127. The molecule has 0 aliphatic carbocycles. The minimum absolute atomic E-state index is 0.0258. The smallest absolute Gasteiger partial charge is 0.251 e. The second kappa shape index (κ2) is 5.93. The molecule has 0 unspecified atom stereocenters. The standard InChI is InChI=1S/C16H15IN2O/c17-15-3-1-2-12(7-15)16(20)19-8-11-4-5-13-9-18-10-14(13)6-11/h1-7,18H,8-10H2,(H,19,20). The number of rotatable bonds is 3. The molecule has 0 saturated carbocycles. The fraction of sp³-hybridized carbons (Fsp3) is 0.188. The van der Waals surface area contributed by atoms with E-state index < -0.39 is 0 Å². The summed E-state index contributed by atoms with van der Waals surface area (Å²) in [7, 11) is 0. The summed E-state index contributed by atoms with van der Waals surface area (Å²) in [4.78, 5) is 12.1. The molecule has 3 nitrogen and oxygen atoms in total. The van der Waals surface area contributed by atoms with E-state index in [-0.39, 0.29) is 5.91 Å². The molecule has 1 amide bonds. The molecule has 2 N–H and O–H groups in total. The molecule has 0 atom stereocenters. The maximum Gasteiger partial charge on any atom is 0.251 e. The predicted molar refractivity (Wildman–Crippen MR) is 87.3 cm³/mol. The Kier molecular flexibility index (Phi) is 4.03. The maximum absolute atomic E-state index is 12.1. The van der Waals surface area contributed by atoms with Gasteiger partial charge in [-0.25, -0.2) is 0 Å². The summed E-state index contributed by atoms with van der Waals surface area (Å²) in [5.41, 5.74) is 4.55. The number of carbonyl (C=O) groups excluding carboxylic acids is 1. The largest absolute Gasteiger partial charge is 0.348 e. The van der Waals surface area contributed by atoms with Gasteiger partial charge < -0.3 is 10.6 Å². The van der Waals surface area contributed by atoms with Gasteiger partial charge in [0.05, 0.1) is 0 Å². The van der Waals surface area contributed by atoms with Crippen LogP contribution in [0.2, 0.25) is 0 Å². The molecule has 1 aliphatic heterocycles. The Hall–Kier alpha value is -1.40. The van der Waals surface area contributed by atoms with Crippen LogP contribution < -0.4 is 10.6 Å². The van der Waals surface area contributed by atoms with Gasteiger partial charge in [-0.15, -0.1) is 0 Å². The van der Waals surface area contributed by atoms with Crippen molar-refractivity contribution < 1.29 is 4.79 Å². The first-order chi connectivity index (χ1) is 9.72. The van der Waals surface area contributed by atoms with Crippen molar-refractivity contribution in [2.45, 2.75) is 19.6 Å². The Morgan fingerprint density at radius 2 is 2.00 bits per heavy atom. The average Bonchev–Trinajstić information content (AvgIpc) is 2.92. The molecule has 0 radical (unpaired) electrons. The summed E-state index contributed by atoms with van der Waals surface area (Å²) < 4.78 is 1.07. The van der Waals surface area contributed by atoms with E-state index in [2.05, 4.69) is 51.4 Å². The van der Waals surface area contributed by atoms with Crippen LogP contribution in [-0.4, -0.2) is 5.91 Å². The normalized spacial score (nSPS) is 13.1. The van der Waals surface area contributed by atoms with Crippen LogP contribution in [-0.2, 0) is 19.6 Å². The molecule has 4 heteroatoms. The Labute approximate surface area is 131 Å². The van der Waals surface area contributed by atoms with Gasteiger partial charge in [-0.1, -0.05) is 24.3 Å². The number of hydrogen-bond acceptors (Lipinski definition) is 2. The van der Waals surface area contributed by atoms with Crippen LogP contribution in [0, 0.1) is 3.57 Å². The fourth-order valence-electron chi connectivity index (χ4n) is 2.37. The lowest BCUT2D eigenvalue weighted by Crippen LogP contribution is -2.22. The van der Waals surface area contributed by atoms with Crippen LogP contribution in [0.15, 0.2) is 42.5 Å². The number of fused-ring (bicyclic) bond motifs is 1. The van der Waals surface area contributed by atoms with Crippen LogP contribution in [0.5, 0.6) is 0 Å². The van der Waals surface area contributed by atoms with Crippen molar-refractivity contribution in [3.05, 3.63) is 68.3 Å². The lowest BCUT2D eigenvalue weighted by atomic mass is 10.1. The summed E-state index contributed by atoms with van der Waals surface area (Å²) in [5.74, 6) is -0.0258. The lowest BCUT2D eigenvalue weighted by Gasteiger charge is -2.07. The summed E-state index contributed by atoms with van der Waals surface area (Å²) in [6, 6.07) is 14.0.